The Hall–Kier alpha value is -2.44. The fourth-order valence-corrected chi connectivity index (χ4v) is 1.80. The van der Waals surface area contributed by atoms with Gasteiger partial charge in [-0.2, -0.15) is 0 Å². The van der Waals surface area contributed by atoms with Gasteiger partial charge in [0.25, 0.3) is 11.6 Å². The molecule has 0 aliphatic rings. The summed E-state index contributed by atoms with van der Waals surface area (Å²) in [4.78, 5) is 27.5. The summed E-state index contributed by atoms with van der Waals surface area (Å²) in [5.41, 5.74) is 0.324. The summed E-state index contributed by atoms with van der Waals surface area (Å²) in [6.45, 7) is 6.25. The summed E-state index contributed by atoms with van der Waals surface area (Å²) < 4.78 is 5.04. The second-order valence-corrected chi connectivity index (χ2v) is 5.14. The molecular formula is C13H15N3O4. The Morgan fingerprint density at radius 2 is 2.00 bits per heavy atom. The van der Waals surface area contributed by atoms with Gasteiger partial charge < -0.3 is 14.9 Å². The first-order valence-corrected chi connectivity index (χ1v) is 6.02. The standard InChI is InChI=1S/C13H15N3O4/c1-6-5-8(9-7(2)16-20-11(9)14-6)10(17)15-13(3,4)12(18)19/h5H,1-4H3,(H,15,17)(H,18,19). The number of aliphatic carboxylic acids is 1. The highest BCUT2D eigenvalue weighted by atomic mass is 16.5. The maximum Gasteiger partial charge on any atom is 0.328 e. The third kappa shape index (κ3) is 2.34. The van der Waals surface area contributed by atoms with Crippen molar-refractivity contribution >= 4 is 23.0 Å². The Bertz CT molecular complexity index is 703. The van der Waals surface area contributed by atoms with Crippen LogP contribution in [-0.2, 0) is 4.79 Å². The Morgan fingerprint density at radius 3 is 2.60 bits per heavy atom. The van der Waals surface area contributed by atoms with Gasteiger partial charge in [0.2, 0.25) is 0 Å². The molecule has 0 spiro atoms. The number of pyridine rings is 1. The first-order valence-electron chi connectivity index (χ1n) is 6.02. The number of aromatic nitrogens is 2. The molecule has 7 nitrogen and oxygen atoms in total. The smallest absolute Gasteiger partial charge is 0.328 e. The average Bonchev–Trinajstić information content (AvgIpc) is 2.69. The van der Waals surface area contributed by atoms with Crippen molar-refractivity contribution in [2.45, 2.75) is 33.2 Å². The number of hydrogen-bond donors (Lipinski definition) is 2. The van der Waals surface area contributed by atoms with Crippen LogP contribution in [0.4, 0.5) is 0 Å². The van der Waals surface area contributed by atoms with Crippen LogP contribution in [0.1, 0.15) is 35.6 Å². The molecule has 0 fully saturated rings. The minimum Gasteiger partial charge on any atom is -0.480 e. The maximum atomic E-state index is 12.3. The van der Waals surface area contributed by atoms with Gasteiger partial charge in [0.05, 0.1) is 16.6 Å². The predicted molar refractivity (Wildman–Crippen MR) is 70.5 cm³/mol. The lowest BCUT2D eigenvalue weighted by molar-refractivity contribution is -0.143. The summed E-state index contributed by atoms with van der Waals surface area (Å²) in [5, 5.41) is 15.8. The fourth-order valence-electron chi connectivity index (χ4n) is 1.80. The van der Waals surface area contributed by atoms with Crippen LogP contribution in [0.2, 0.25) is 0 Å². The van der Waals surface area contributed by atoms with E-state index in [2.05, 4.69) is 15.5 Å². The van der Waals surface area contributed by atoms with Crippen molar-refractivity contribution in [2.24, 2.45) is 0 Å². The van der Waals surface area contributed by atoms with Crippen LogP contribution in [0.5, 0.6) is 0 Å². The van der Waals surface area contributed by atoms with Crippen molar-refractivity contribution < 1.29 is 19.2 Å². The normalized spacial score (nSPS) is 11.6. The Morgan fingerprint density at radius 1 is 1.35 bits per heavy atom. The van der Waals surface area contributed by atoms with Crippen LogP contribution in [0, 0.1) is 13.8 Å². The van der Waals surface area contributed by atoms with Gasteiger partial charge in [0.1, 0.15) is 5.54 Å². The average molecular weight is 277 g/mol. The molecular weight excluding hydrogens is 262 g/mol. The first-order chi connectivity index (χ1) is 9.22. The number of hydrogen-bond acceptors (Lipinski definition) is 5. The minimum atomic E-state index is -1.37. The number of carbonyl (C=O) groups is 2. The van der Waals surface area contributed by atoms with Crippen molar-refractivity contribution in [3.63, 3.8) is 0 Å². The van der Waals surface area contributed by atoms with Crippen molar-refractivity contribution in [1.29, 1.82) is 0 Å². The van der Waals surface area contributed by atoms with Crippen molar-refractivity contribution in [1.82, 2.24) is 15.5 Å². The van der Waals surface area contributed by atoms with E-state index in [-0.39, 0.29) is 5.71 Å². The quantitative estimate of drug-likeness (QED) is 0.879. The van der Waals surface area contributed by atoms with E-state index in [0.717, 1.165) is 0 Å². The molecule has 0 saturated heterocycles. The number of fused-ring (bicyclic) bond motifs is 1. The monoisotopic (exact) mass is 277 g/mol. The molecule has 106 valence electrons. The number of amides is 1. The molecule has 0 bridgehead atoms. The highest BCUT2D eigenvalue weighted by Gasteiger charge is 2.30. The van der Waals surface area contributed by atoms with Gasteiger partial charge in [-0.25, -0.2) is 9.78 Å². The zero-order valence-corrected chi connectivity index (χ0v) is 11.6. The highest BCUT2D eigenvalue weighted by Crippen LogP contribution is 2.22. The Kier molecular flexibility index (Phi) is 3.21. The molecule has 2 N–H and O–H groups in total. The molecule has 0 aliphatic carbocycles. The topological polar surface area (TPSA) is 105 Å². The summed E-state index contributed by atoms with van der Waals surface area (Å²) in [6, 6.07) is 1.58. The predicted octanol–water partition coefficient (Wildman–Crippen LogP) is 1.43. The molecule has 0 aliphatic heterocycles. The molecule has 2 aromatic heterocycles. The van der Waals surface area contributed by atoms with Gasteiger partial charge in [-0.15, -0.1) is 0 Å². The SMILES string of the molecule is Cc1cc(C(=O)NC(C)(C)C(=O)O)c2c(C)noc2n1. The summed E-state index contributed by atoms with van der Waals surface area (Å²) in [7, 11) is 0. The van der Waals surface area contributed by atoms with E-state index in [4.69, 9.17) is 9.63 Å². The van der Waals surface area contributed by atoms with E-state index in [9.17, 15) is 9.59 Å². The largest absolute Gasteiger partial charge is 0.480 e. The van der Waals surface area contributed by atoms with E-state index in [1.165, 1.54) is 13.8 Å². The molecule has 0 saturated carbocycles. The summed E-state index contributed by atoms with van der Waals surface area (Å²) >= 11 is 0. The van der Waals surface area contributed by atoms with Crippen LogP contribution in [0.3, 0.4) is 0 Å². The van der Waals surface area contributed by atoms with E-state index in [0.29, 0.717) is 22.3 Å². The molecule has 20 heavy (non-hydrogen) atoms. The lowest BCUT2D eigenvalue weighted by Crippen LogP contribution is -2.49. The third-order valence-corrected chi connectivity index (χ3v) is 2.95. The van der Waals surface area contributed by atoms with Crippen LogP contribution < -0.4 is 5.32 Å². The third-order valence-electron chi connectivity index (χ3n) is 2.95. The van der Waals surface area contributed by atoms with Crippen molar-refractivity contribution in [3.05, 3.63) is 23.0 Å². The number of rotatable bonds is 3. The van der Waals surface area contributed by atoms with Gasteiger partial charge in [-0.05, 0) is 33.8 Å². The number of nitrogens with zero attached hydrogens (tertiary/aromatic N) is 2. The van der Waals surface area contributed by atoms with Crippen LogP contribution >= 0.6 is 0 Å². The van der Waals surface area contributed by atoms with E-state index < -0.39 is 17.4 Å². The molecule has 2 aromatic rings. The zero-order chi connectivity index (χ0) is 15.1. The minimum absolute atomic E-state index is 0.265. The zero-order valence-electron chi connectivity index (χ0n) is 11.6. The molecule has 2 heterocycles. The van der Waals surface area contributed by atoms with Gasteiger partial charge in [-0.3, -0.25) is 4.79 Å². The van der Waals surface area contributed by atoms with E-state index >= 15 is 0 Å². The summed E-state index contributed by atoms with van der Waals surface area (Å²) in [5.74, 6) is -1.62. The van der Waals surface area contributed by atoms with Gasteiger partial charge in [0, 0.05) is 5.69 Å². The van der Waals surface area contributed by atoms with E-state index in [1.807, 2.05) is 0 Å². The number of carbonyl (C=O) groups excluding carboxylic acids is 1. The van der Waals surface area contributed by atoms with Crippen molar-refractivity contribution in [2.75, 3.05) is 0 Å². The molecule has 7 heteroatoms. The molecule has 0 unspecified atom stereocenters. The maximum absolute atomic E-state index is 12.3. The van der Waals surface area contributed by atoms with E-state index in [1.54, 1.807) is 19.9 Å². The van der Waals surface area contributed by atoms with Gasteiger partial charge in [-0.1, -0.05) is 5.16 Å². The number of nitrogens with one attached hydrogen (secondary N) is 1. The molecule has 0 aromatic carbocycles. The van der Waals surface area contributed by atoms with Gasteiger partial charge >= 0.3 is 5.97 Å². The Labute approximate surface area is 115 Å². The number of carboxylic acids is 1. The molecule has 2 rings (SSSR count). The van der Waals surface area contributed by atoms with Crippen molar-refractivity contribution in [3.8, 4) is 0 Å². The first kappa shape index (κ1) is 14.0. The second-order valence-electron chi connectivity index (χ2n) is 5.14. The molecule has 0 atom stereocenters. The van der Waals surface area contributed by atoms with Crippen LogP contribution in [0.15, 0.2) is 10.6 Å². The Balaban J connectivity index is 2.50. The van der Waals surface area contributed by atoms with Crippen LogP contribution in [-0.4, -0.2) is 32.7 Å². The molecule has 1 amide bonds. The summed E-state index contributed by atoms with van der Waals surface area (Å²) in [6.07, 6.45) is 0. The molecule has 0 radical (unpaired) electrons. The lowest BCUT2D eigenvalue weighted by Gasteiger charge is -2.21. The van der Waals surface area contributed by atoms with Gasteiger partial charge in [0.15, 0.2) is 0 Å². The lowest BCUT2D eigenvalue weighted by atomic mass is 10.0. The fraction of sp³-hybridized carbons (Fsp3) is 0.385. The highest BCUT2D eigenvalue weighted by molar-refractivity contribution is 6.07. The number of carboxylic acid groups (broad SMARTS) is 1. The van der Waals surface area contributed by atoms with Crippen LogP contribution in [0.25, 0.3) is 11.1 Å². The number of aryl methyl sites for hydroxylation is 2. The second kappa shape index (κ2) is 4.59.